The first-order chi connectivity index (χ1) is 7.83. The molecule has 0 atom stereocenters. The summed E-state index contributed by atoms with van der Waals surface area (Å²) in [5.74, 6) is 0.948. The number of methoxy groups -OCH3 is 1. The van der Waals surface area contributed by atoms with Crippen molar-refractivity contribution < 1.29 is 4.74 Å². The highest BCUT2D eigenvalue weighted by atomic mass is 35.5. The lowest BCUT2D eigenvalue weighted by molar-refractivity contribution is 0.403. The van der Waals surface area contributed by atoms with Crippen LogP contribution in [0.5, 0.6) is 5.75 Å². The topological polar surface area (TPSA) is 35.2 Å². The minimum absolute atomic E-state index is 0.110. The van der Waals surface area contributed by atoms with Crippen LogP contribution >= 0.6 is 11.6 Å². The molecule has 0 radical (unpaired) electrons. The van der Waals surface area contributed by atoms with E-state index in [1.165, 1.54) is 5.56 Å². The van der Waals surface area contributed by atoms with Crippen molar-refractivity contribution in [2.24, 2.45) is 5.73 Å². The van der Waals surface area contributed by atoms with Gasteiger partial charge in [-0.15, -0.1) is 0 Å². The van der Waals surface area contributed by atoms with Gasteiger partial charge in [-0.25, -0.2) is 0 Å². The molecule has 0 bridgehead atoms. The standard InChI is InChI=1S/C14H22ClNO/c1-10-8-12(15)9-11(13(10)17-4)6-5-7-14(2,3)16/h8-9H,5-7,16H2,1-4H3. The number of aryl methyl sites for hydroxylation is 2. The molecule has 96 valence electrons. The maximum absolute atomic E-state index is 6.07. The third-order valence-corrected chi connectivity index (χ3v) is 3.01. The summed E-state index contributed by atoms with van der Waals surface area (Å²) in [5, 5.41) is 0.769. The molecule has 0 amide bonds. The maximum Gasteiger partial charge on any atom is 0.125 e. The molecule has 1 aromatic carbocycles. The normalized spacial score (nSPS) is 11.6. The van der Waals surface area contributed by atoms with Gasteiger partial charge in [0, 0.05) is 10.6 Å². The van der Waals surface area contributed by atoms with Gasteiger partial charge in [0.1, 0.15) is 5.75 Å². The highest BCUT2D eigenvalue weighted by Crippen LogP contribution is 2.29. The van der Waals surface area contributed by atoms with Crippen molar-refractivity contribution in [1.82, 2.24) is 0 Å². The van der Waals surface area contributed by atoms with Gasteiger partial charge >= 0.3 is 0 Å². The van der Waals surface area contributed by atoms with E-state index in [0.29, 0.717) is 0 Å². The van der Waals surface area contributed by atoms with E-state index in [1.807, 2.05) is 32.9 Å². The lowest BCUT2D eigenvalue weighted by Gasteiger charge is -2.18. The average Bonchev–Trinajstić information content (AvgIpc) is 2.14. The summed E-state index contributed by atoms with van der Waals surface area (Å²) in [7, 11) is 1.70. The zero-order valence-electron chi connectivity index (χ0n) is 11.1. The molecule has 1 rings (SSSR count). The van der Waals surface area contributed by atoms with Crippen molar-refractivity contribution in [2.45, 2.75) is 45.6 Å². The molecular weight excluding hydrogens is 234 g/mol. The average molecular weight is 256 g/mol. The fourth-order valence-corrected chi connectivity index (χ4v) is 2.31. The smallest absolute Gasteiger partial charge is 0.125 e. The van der Waals surface area contributed by atoms with Crippen molar-refractivity contribution in [3.05, 3.63) is 28.3 Å². The van der Waals surface area contributed by atoms with Crippen LogP contribution in [0, 0.1) is 6.92 Å². The van der Waals surface area contributed by atoms with Crippen LogP contribution in [-0.2, 0) is 6.42 Å². The van der Waals surface area contributed by atoms with Crippen molar-refractivity contribution in [2.75, 3.05) is 7.11 Å². The SMILES string of the molecule is COc1c(C)cc(Cl)cc1CCCC(C)(C)N. The number of hydrogen-bond donors (Lipinski definition) is 1. The molecule has 0 aliphatic rings. The van der Waals surface area contributed by atoms with Crippen molar-refractivity contribution in [3.63, 3.8) is 0 Å². The lowest BCUT2D eigenvalue weighted by Crippen LogP contribution is -2.31. The van der Waals surface area contributed by atoms with Crippen molar-refractivity contribution in [3.8, 4) is 5.75 Å². The van der Waals surface area contributed by atoms with Crippen LogP contribution < -0.4 is 10.5 Å². The zero-order chi connectivity index (χ0) is 13.1. The summed E-state index contributed by atoms with van der Waals surface area (Å²) in [5.41, 5.74) is 8.12. The number of halogens is 1. The quantitative estimate of drug-likeness (QED) is 0.870. The highest BCUT2D eigenvalue weighted by Gasteiger charge is 2.12. The minimum Gasteiger partial charge on any atom is -0.496 e. The molecule has 0 aliphatic heterocycles. The molecule has 2 N–H and O–H groups in total. The van der Waals surface area contributed by atoms with Crippen molar-refractivity contribution in [1.29, 1.82) is 0 Å². The number of hydrogen-bond acceptors (Lipinski definition) is 2. The first-order valence-electron chi connectivity index (χ1n) is 5.95. The van der Waals surface area contributed by atoms with Gasteiger partial charge in [0.15, 0.2) is 0 Å². The Morgan fingerprint density at radius 3 is 2.53 bits per heavy atom. The molecule has 2 nitrogen and oxygen atoms in total. The molecule has 1 aromatic rings. The fourth-order valence-electron chi connectivity index (χ4n) is 2.01. The molecule has 0 heterocycles. The van der Waals surface area contributed by atoms with Crippen molar-refractivity contribution >= 4 is 11.6 Å². The molecule has 0 aromatic heterocycles. The van der Waals surface area contributed by atoms with Crippen LogP contribution in [0.3, 0.4) is 0 Å². The van der Waals surface area contributed by atoms with Gasteiger partial charge in [0.05, 0.1) is 7.11 Å². The van der Waals surface area contributed by atoms with Gasteiger partial charge in [-0.3, -0.25) is 0 Å². The van der Waals surface area contributed by atoms with Crippen LogP contribution in [0.2, 0.25) is 5.02 Å². The predicted molar refractivity (Wildman–Crippen MR) is 73.9 cm³/mol. The molecule has 0 unspecified atom stereocenters. The molecule has 0 spiro atoms. The fraction of sp³-hybridized carbons (Fsp3) is 0.571. The molecular formula is C14H22ClNO. The van der Waals surface area contributed by atoms with Crippen LogP contribution in [0.1, 0.15) is 37.8 Å². The monoisotopic (exact) mass is 255 g/mol. The third-order valence-electron chi connectivity index (χ3n) is 2.79. The molecule has 17 heavy (non-hydrogen) atoms. The number of benzene rings is 1. The van der Waals surface area contributed by atoms with E-state index in [2.05, 4.69) is 0 Å². The van der Waals surface area contributed by atoms with Crippen LogP contribution in [-0.4, -0.2) is 12.6 Å². The van der Waals surface area contributed by atoms with E-state index < -0.39 is 0 Å². The Kier molecular flexibility index (Phi) is 4.84. The van der Waals surface area contributed by atoms with E-state index in [1.54, 1.807) is 7.11 Å². The molecule has 0 fully saturated rings. The summed E-state index contributed by atoms with van der Waals surface area (Å²) in [6.45, 7) is 6.11. The second kappa shape index (κ2) is 5.74. The summed E-state index contributed by atoms with van der Waals surface area (Å²) >= 11 is 6.07. The Morgan fingerprint density at radius 2 is 2.00 bits per heavy atom. The van der Waals surface area contributed by atoms with E-state index >= 15 is 0 Å². The van der Waals surface area contributed by atoms with Gasteiger partial charge in [-0.2, -0.15) is 0 Å². The first kappa shape index (κ1) is 14.3. The first-order valence-corrected chi connectivity index (χ1v) is 6.33. The van der Waals surface area contributed by atoms with Gasteiger partial charge in [-0.1, -0.05) is 11.6 Å². The Morgan fingerprint density at radius 1 is 1.35 bits per heavy atom. The number of nitrogens with two attached hydrogens (primary N) is 1. The Bertz CT molecular complexity index is 383. The van der Waals surface area contributed by atoms with Crippen LogP contribution in [0.15, 0.2) is 12.1 Å². The number of ether oxygens (including phenoxy) is 1. The van der Waals surface area contributed by atoms with E-state index in [0.717, 1.165) is 35.6 Å². The maximum atomic E-state index is 6.07. The number of rotatable bonds is 5. The summed E-state index contributed by atoms with van der Waals surface area (Å²) in [6.07, 6.45) is 2.98. The highest BCUT2D eigenvalue weighted by molar-refractivity contribution is 6.30. The Hall–Kier alpha value is -0.730. The molecule has 0 saturated heterocycles. The van der Waals surface area contributed by atoms with Crippen LogP contribution in [0.4, 0.5) is 0 Å². The van der Waals surface area contributed by atoms with Crippen LogP contribution in [0.25, 0.3) is 0 Å². The Labute approximate surface area is 109 Å². The molecule has 0 saturated carbocycles. The lowest BCUT2D eigenvalue weighted by atomic mass is 9.96. The second-order valence-corrected chi connectivity index (χ2v) is 5.69. The molecule has 0 aliphatic carbocycles. The Balaban J connectivity index is 2.76. The van der Waals surface area contributed by atoms with Gasteiger partial charge in [-0.05, 0) is 63.3 Å². The van der Waals surface area contributed by atoms with Gasteiger partial charge in [0.2, 0.25) is 0 Å². The van der Waals surface area contributed by atoms with E-state index in [-0.39, 0.29) is 5.54 Å². The summed E-state index contributed by atoms with van der Waals surface area (Å²) < 4.78 is 5.42. The van der Waals surface area contributed by atoms with Gasteiger partial charge < -0.3 is 10.5 Å². The summed E-state index contributed by atoms with van der Waals surface area (Å²) in [4.78, 5) is 0. The van der Waals surface area contributed by atoms with Gasteiger partial charge in [0.25, 0.3) is 0 Å². The zero-order valence-corrected chi connectivity index (χ0v) is 11.9. The molecule has 3 heteroatoms. The summed E-state index contributed by atoms with van der Waals surface area (Å²) in [6, 6.07) is 3.91. The van der Waals surface area contributed by atoms with E-state index in [4.69, 9.17) is 22.1 Å². The van der Waals surface area contributed by atoms with E-state index in [9.17, 15) is 0 Å². The second-order valence-electron chi connectivity index (χ2n) is 5.26. The minimum atomic E-state index is -0.110. The third kappa shape index (κ3) is 4.57. The predicted octanol–water partition coefficient (Wildman–Crippen LogP) is 3.72. The largest absolute Gasteiger partial charge is 0.496 e.